The molecule has 20 heavy (non-hydrogen) atoms. The number of aromatic nitrogens is 1. The van der Waals surface area contributed by atoms with Crippen LogP contribution in [0.5, 0.6) is 0 Å². The van der Waals surface area contributed by atoms with Crippen molar-refractivity contribution in [3.63, 3.8) is 0 Å². The van der Waals surface area contributed by atoms with Crippen molar-refractivity contribution in [2.45, 2.75) is 37.0 Å². The molecule has 0 aromatic carbocycles. The number of halogens is 1. The summed E-state index contributed by atoms with van der Waals surface area (Å²) in [6.07, 6.45) is 7.36. The number of carbonyl (C=O) groups excluding carboxylic acids is 1. The van der Waals surface area contributed by atoms with Crippen molar-refractivity contribution in [1.82, 2.24) is 9.88 Å². The predicted molar refractivity (Wildman–Crippen MR) is 77.4 cm³/mol. The van der Waals surface area contributed by atoms with Gasteiger partial charge < -0.3 is 9.88 Å². The standard InChI is InChI=1S/C13H19ClN2O3S/c1-16-9-11(20(14,18)19)7-12(16)13(17)15-8-10-5-3-2-4-6-10/h7,9-10H,2-6,8H2,1H3,(H,15,17). The Hall–Kier alpha value is -1.01. The van der Waals surface area contributed by atoms with Gasteiger partial charge in [-0.1, -0.05) is 19.3 Å². The van der Waals surface area contributed by atoms with Crippen LogP contribution in [0.2, 0.25) is 0 Å². The van der Waals surface area contributed by atoms with Crippen LogP contribution < -0.4 is 5.32 Å². The van der Waals surface area contributed by atoms with E-state index in [1.165, 1.54) is 36.1 Å². The average Bonchev–Trinajstić information content (AvgIpc) is 2.79. The molecular weight excluding hydrogens is 300 g/mol. The molecule has 2 rings (SSSR count). The summed E-state index contributed by atoms with van der Waals surface area (Å²) in [5.74, 6) is 0.272. The highest BCUT2D eigenvalue weighted by Crippen LogP contribution is 2.23. The van der Waals surface area contributed by atoms with Crippen molar-refractivity contribution in [1.29, 1.82) is 0 Å². The van der Waals surface area contributed by atoms with E-state index in [1.807, 2.05) is 0 Å². The Labute approximate surface area is 123 Å². The summed E-state index contributed by atoms with van der Waals surface area (Å²) in [5, 5.41) is 2.88. The average molecular weight is 319 g/mol. The lowest BCUT2D eigenvalue weighted by molar-refractivity contribution is 0.0935. The van der Waals surface area contributed by atoms with Crippen molar-refractivity contribution < 1.29 is 13.2 Å². The minimum atomic E-state index is -3.80. The van der Waals surface area contributed by atoms with Crippen LogP contribution in [0.25, 0.3) is 0 Å². The van der Waals surface area contributed by atoms with Crippen molar-refractivity contribution in [3.8, 4) is 0 Å². The molecule has 1 aliphatic carbocycles. The van der Waals surface area contributed by atoms with Crippen LogP contribution in [-0.4, -0.2) is 25.4 Å². The first-order valence-electron chi connectivity index (χ1n) is 6.77. The van der Waals surface area contributed by atoms with Gasteiger partial charge in [-0.3, -0.25) is 4.79 Å². The first-order chi connectivity index (χ1) is 9.38. The Bertz CT molecular complexity index is 589. The van der Waals surface area contributed by atoms with Gasteiger partial charge in [0.15, 0.2) is 0 Å². The molecule has 1 aliphatic rings. The van der Waals surface area contributed by atoms with Crippen LogP contribution in [0.3, 0.4) is 0 Å². The number of hydrogen-bond donors (Lipinski definition) is 1. The maximum absolute atomic E-state index is 12.1. The van der Waals surface area contributed by atoms with Crippen LogP contribution >= 0.6 is 10.7 Å². The lowest BCUT2D eigenvalue weighted by Gasteiger charge is -2.21. The zero-order valence-electron chi connectivity index (χ0n) is 11.4. The Balaban J connectivity index is 2.00. The summed E-state index contributed by atoms with van der Waals surface area (Å²) in [5.41, 5.74) is 0.306. The summed E-state index contributed by atoms with van der Waals surface area (Å²) in [7, 11) is 3.10. The third-order valence-electron chi connectivity index (χ3n) is 3.77. The first kappa shape index (κ1) is 15.4. The molecule has 0 saturated heterocycles. The molecule has 1 aromatic heterocycles. The topological polar surface area (TPSA) is 68.2 Å². The van der Waals surface area contributed by atoms with Crippen LogP contribution in [-0.2, 0) is 16.1 Å². The quantitative estimate of drug-likeness (QED) is 0.866. The van der Waals surface area contributed by atoms with E-state index in [4.69, 9.17) is 10.7 Å². The van der Waals surface area contributed by atoms with Crippen LogP contribution in [0.4, 0.5) is 0 Å². The summed E-state index contributed by atoms with van der Waals surface area (Å²) in [4.78, 5) is 12.0. The van der Waals surface area contributed by atoms with E-state index in [2.05, 4.69) is 5.32 Å². The molecule has 0 spiro atoms. The van der Waals surface area contributed by atoms with Gasteiger partial charge in [-0.25, -0.2) is 8.42 Å². The Morgan fingerprint density at radius 1 is 1.40 bits per heavy atom. The minimum absolute atomic E-state index is 0.0514. The highest BCUT2D eigenvalue weighted by molar-refractivity contribution is 8.13. The second-order valence-corrected chi connectivity index (χ2v) is 7.89. The Morgan fingerprint density at radius 3 is 2.60 bits per heavy atom. The molecule has 1 amide bonds. The van der Waals surface area contributed by atoms with Crippen LogP contribution in [0, 0.1) is 5.92 Å². The van der Waals surface area contributed by atoms with E-state index < -0.39 is 9.05 Å². The van der Waals surface area contributed by atoms with Gasteiger partial charge in [-0.2, -0.15) is 0 Å². The van der Waals surface area contributed by atoms with E-state index in [9.17, 15) is 13.2 Å². The van der Waals surface area contributed by atoms with Crippen molar-refractivity contribution in [3.05, 3.63) is 18.0 Å². The molecule has 112 valence electrons. The summed E-state index contributed by atoms with van der Waals surface area (Å²) >= 11 is 0. The first-order valence-corrected chi connectivity index (χ1v) is 9.08. The molecule has 0 atom stereocenters. The molecule has 0 unspecified atom stereocenters. The largest absolute Gasteiger partial charge is 0.350 e. The van der Waals surface area contributed by atoms with E-state index in [-0.39, 0.29) is 10.8 Å². The molecular formula is C13H19ClN2O3S. The molecule has 0 bridgehead atoms. The fraction of sp³-hybridized carbons (Fsp3) is 0.615. The molecule has 1 saturated carbocycles. The number of amides is 1. The van der Waals surface area contributed by atoms with Crippen LogP contribution in [0.15, 0.2) is 17.2 Å². The summed E-state index contributed by atoms with van der Waals surface area (Å²) < 4.78 is 24.0. The molecule has 7 heteroatoms. The number of aryl methyl sites for hydroxylation is 1. The number of rotatable bonds is 4. The Kier molecular flexibility index (Phi) is 4.75. The zero-order chi connectivity index (χ0) is 14.8. The summed E-state index contributed by atoms with van der Waals surface area (Å²) in [6.45, 7) is 0.646. The van der Waals surface area contributed by atoms with E-state index >= 15 is 0 Å². The number of nitrogens with zero attached hydrogens (tertiary/aromatic N) is 1. The molecule has 5 nitrogen and oxygen atoms in total. The molecule has 1 fully saturated rings. The Morgan fingerprint density at radius 2 is 2.05 bits per heavy atom. The number of hydrogen-bond acceptors (Lipinski definition) is 3. The molecule has 1 aromatic rings. The number of carbonyl (C=O) groups is 1. The lowest BCUT2D eigenvalue weighted by Crippen LogP contribution is -2.31. The zero-order valence-corrected chi connectivity index (χ0v) is 13.0. The lowest BCUT2D eigenvalue weighted by atomic mass is 9.89. The second kappa shape index (κ2) is 6.18. The minimum Gasteiger partial charge on any atom is -0.350 e. The third kappa shape index (κ3) is 3.76. The van der Waals surface area contributed by atoms with Gasteiger partial charge in [0, 0.05) is 30.5 Å². The fourth-order valence-corrected chi connectivity index (χ4v) is 3.40. The second-order valence-electron chi connectivity index (χ2n) is 5.32. The highest BCUT2D eigenvalue weighted by atomic mass is 35.7. The van der Waals surface area contributed by atoms with E-state index in [0.717, 1.165) is 12.8 Å². The SMILES string of the molecule is Cn1cc(S(=O)(=O)Cl)cc1C(=O)NCC1CCCCC1. The normalized spacial score (nSPS) is 17.1. The fourth-order valence-electron chi connectivity index (χ4n) is 2.61. The molecule has 0 radical (unpaired) electrons. The maximum Gasteiger partial charge on any atom is 0.267 e. The van der Waals surface area contributed by atoms with E-state index in [1.54, 1.807) is 7.05 Å². The van der Waals surface area contributed by atoms with Crippen molar-refractivity contribution in [2.75, 3.05) is 6.54 Å². The highest BCUT2D eigenvalue weighted by Gasteiger charge is 2.20. The molecule has 1 N–H and O–H groups in total. The van der Waals surface area contributed by atoms with Crippen molar-refractivity contribution in [2.24, 2.45) is 13.0 Å². The van der Waals surface area contributed by atoms with Crippen LogP contribution in [0.1, 0.15) is 42.6 Å². The van der Waals surface area contributed by atoms with Gasteiger partial charge in [-0.15, -0.1) is 0 Å². The van der Waals surface area contributed by atoms with E-state index in [0.29, 0.717) is 18.2 Å². The monoisotopic (exact) mass is 318 g/mol. The maximum atomic E-state index is 12.1. The van der Waals surface area contributed by atoms with Crippen molar-refractivity contribution >= 4 is 25.6 Å². The third-order valence-corrected chi connectivity index (χ3v) is 5.09. The van der Waals surface area contributed by atoms with Gasteiger partial charge in [0.2, 0.25) is 0 Å². The van der Waals surface area contributed by atoms with Gasteiger partial charge >= 0.3 is 0 Å². The van der Waals surface area contributed by atoms with Gasteiger partial charge in [0.25, 0.3) is 15.0 Å². The van der Waals surface area contributed by atoms with Gasteiger partial charge in [-0.05, 0) is 24.8 Å². The predicted octanol–water partition coefficient (Wildman–Crippen LogP) is 2.26. The number of nitrogens with one attached hydrogen (secondary N) is 1. The molecule has 0 aliphatic heterocycles. The summed E-state index contributed by atoms with van der Waals surface area (Å²) in [6, 6.07) is 1.30. The smallest absolute Gasteiger partial charge is 0.267 e. The van der Waals surface area contributed by atoms with Gasteiger partial charge in [0.1, 0.15) is 10.6 Å². The van der Waals surface area contributed by atoms with Gasteiger partial charge in [0.05, 0.1) is 0 Å². The molecule has 1 heterocycles.